The highest BCUT2D eigenvalue weighted by Gasteiger charge is 2.26. The number of aliphatic hydroxyl groups excluding tert-OH is 1. The van der Waals surface area contributed by atoms with Gasteiger partial charge in [-0.1, -0.05) is 63.2 Å². The molecule has 2 rings (SSSR count). The third kappa shape index (κ3) is 2.56. The SMILES string of the molecule is CCC(C)(C)C(O)Cc1cccc2ccccc12. The Balaban J connectivity index is 2.32. The van der Waals surface area contributed by atoms with Gasteiger partial charge in [0.15, 0.2) is 0 Å². The van der Waals surface area contributed by atoms with Crippen LogP contribution in [0.4, 0.5) is 0 Å². The molecule has 0 saturated carbocycles. The fraction of sp³-hybridized carbons (Fsp3) is 0.412. The molecule has 0 amide bonds. The van der Waals surface area contributed by atoms with Gasteiger partial charge in [0.1, 0.15) is 0 Å². The molecule has 96 valence electrons. The van der Waals surface area contributed by atoms with Gasteiger partial charge in [0.05, 0.1) is 6.10 Å². The van der Waals surface area contributed by atoms with Crippen LogP contribution in [0.1, 0.15) is 32.8 Å². The topological polar surface area (TPSA) is 20.2 Å². The summed E-state index contributed by atoms with van der Waals surface area (Å²) >= 11 is 0. The Morgan fingerprint density at radius 1 is 1.06 bits per heavy atom. The van der Waals surface area contributed by atoms with E-state index in [0.29, 0.717) is 0 Å². The van der Waals surface area contributed by atoms with Crippen molar-refractivity contribution in [1.82, 2.24) is 0 Å². The molecule has 1 nitrogen and oxygen atoms in total. The minimum absolute atomic E-state index is 0.0308. The van der Waals surface area contributed by atoms with E-state index in [-0.39, 0.29) is 11.5 Å². The van der Waals surface area contributed by atoms with E-state index in [2.05, 4.69) is 63.2 Å². The van der Waals surface area contributed by atoms with Gasteiger partial charge in [0.25, 0.3) is 0 Å². The van der Waals surface area contributed by atoms with Gasteiger partial charge in [-0.05, 0) is 34.6 Å². The van der Waals surface area contributed by atoms with Crippen LogP contribution in [0.25, 0.3) is 10.8 Å². The molecule has 0 aliphatic carbocycles. The first kappa shape index (κ1) is 13.1. The lowest BCUT2D eigenvalue weighted by molar-refractivity contribution is 0.0482. The molecule has 0 saturated heterocycles. The van der Waals surface area contributed by atoms with Gasteiger partial charge in [-0.15, -0.1) is 0 Å². The zero-order chi connectivity index (χ0) is 13.2. The van der Waals surface area contributed by atoms with Gasteiger partial charge in [0, 0.05) is 0 Å². The van der Waals surface area contributed by atoms with E-state index >= 15 is 0 Å². The van der Waals surface area contributed by atoms with E-state index in [4.69, 9.17) is 0 Å². The van der Waals surface area contributed by atoms with Gasteiger partial charge in [-0.25, -0.2) is 0 Å². The predicted octanol–water partition coefficient (Wildman–Crippen LogP) is 4.18. The first-order chi connectivity index (χ1) is 8.54. The summed E-state index contributed by atoms with van der Waals surface area (Å²) < 4.78 is 0. The van der Waals surface area contributed by atoms with E-state index in [1.165, 1.54) is 16.3 Å². The van der Waals surface area contributed by atoms with Gasteiger partial charge < -0.3 is 5.11 Å². The summed E-state index contributed by atoms with van der Waals surface area (Å²) in [4.78, 5) is 0. The average molecular weight is 242 g/mol. The second-order valence-corrected chi connectivity index (χ2v) is 5.70. The van der Waals surface area contributed by atoms with Gasteiger partial charge in [0.2, 0.25) is 0 Å². The summed E-state index contributed by atoms with van der Waals surface area (Å²) in [5.74, 6) is 0. The van der Waals surface area contributed by atoms with Crippen molar-refractivity contribution in [1.29, 1.82) is 0 Å². The van der Waals surface area contributed by atoms with Crippen LogP contribution in [-0.4, -0.2) is 11.2 Å². The van der Waals surface area contributed by atoms with E-state index < -0.39 is 0 Å². The van der Waals surface area contributed by atoms with Crippen molar-refractivity contribution in [3.63, 3.8) is 0 Å². The van der Waals surface area contributed by atoms with Gasteiger partial charge >= 0.3 is 0 Å². The molecule has 0 fully saturated rings. The second-order valence-electron chi connectivity index (χ2n) is 5.70. The van der Waals surface area contributed by atoms with E-state index in [1.807, 2.05) is 0 Å². The highest BCUT2D eigenvalue weighted by Crippen LogP contribution is 2.29. The molecule has 0 aliphatic rings. The standard InChI is InChI=1S/C17H22O/c1-4-17(2,3)16(18)12-14-10-7-9-13-8-5-6-11-15(13)14/h5-11,16,18H,4,12H2,1-3H3. The fourth-order valence-electron chi connectivity index (χ4n) is 2.19. The molecule has 2 aromatic carbocycles. The van der Waals surface area contributed by atoms with Crippen molar-refractivity contribution in [3.05, 3.63) is 48.0 Å². The van der Waals surface area contributed by atoms with Crippen molar-refractivity contribution >= 4 is 10.8 Å². The van der Waals surface area contributed by atoms with Crippen molar-refractivity contribution in [2.75, 3.05) is 0 Å². The molecule has 0 radical (unpaired) electrons. The van der Waals surface area contributed by atoms with Crippen LogP contribution in [0.15, 0.2) is 42.5 Å². The van der Waals surface area contributed by atoms with E-state index in [0.717, 1.165) is 12.8 Å². The summed E-state index contributed by atoms with van der Waals surface area (Å²) in [5.41, 5.74) is 1.21. The highest BCUT2D eigenvalue weighted by molar-refractivity contribution is 5.85. The first-order valence-corrected chi connectivity index (χ1v) is 6.69. The number of aliphatic hydroxyl groups is 1. The maximum absolute atomic E-state index is 10.4. The zero-order valence-corrected chi connectivity index (χ0v) is 11.5. The van der Waals surface area contributed by atoms with Crippen LogP contribution in [0, 0.1) is 5.41 Å². The fourth-order valence-corrected chi connectivity index (χ4v) is 2.19. The molecule has 1 heteroatoms. The molecule has 2 aromatic rings. The molecule has 1 atom stereocenters. The molecular weight excluding hydrogens is 220 g/mol. The molecule has 0 heterocycles. The first-order valence-electron chi connectivity index (χ1n) is 6.69. The minimum Gasteiger partial charge on any atom is -0.392 e. The van der Waals surface area contributed by atoms with Crippen LogP contribution in [0.3, 0.4) is 0 Å². The highest BCUT2D eigenvalue weighted by atomic mass is 16.3. The van der Waals surface area contributed by atoms with Crippen LogP contribution < -0.4 is 0 Å². The van der Waals surface area contributed by atoms with E-state index in [9.17, 15) is 5.11 Å². The lowest BCUT2D eigenvalue weighted by atomic mass is 9.80. The van der Waals surface area contributed by atoms with Crippen LogP contribution in [-0.2, 0) is 6.42 Å². The summed E-state index contributed by atoms with van der Waals surface area (Å²) in [6, 6.07) is 14.7. The number of hydrogen-bond donors (Lipinski definition) is 1. The molecule has 18 heavy (non-hydrogen) atoms. The summed E-state index contributed by atoms with van der Waals surface area (Å²) in [5, 5.41) is 12.9. The van der Waals surface area contributed by atoms with Gasteiger partial charge in [-0.3, -0.25) is 0 Å². The van der Waals surface area contributed by atoms with Crippen LogP contribution >= 0.6 is 0 Å². The Kier molecular flexibility index (Phi) is 3.72. The Morgan fingerprint density at radius 3 is 2.44 bits per heavy atom. The normalized spacial score (nSPS) is 13.8. The lowest BCUT2D eigenvalue weighted by Crippen LogP contribution is -2.30. The Bertz CT molecular complexity index is 523. The average Bonchev–Trinajstić information content (AvgIpc) is 2.39. The Hall–Kier alpha value is -1.34. The van der Waals surface area contributed by atoms with Crippen molar-refractivity contribution < 1.29 is 5.11 Å². The van der Waals surface area contributed by atoms with Gasteiger partial charge in [-0.2, -0.15) is 0 Å². The number of benzene rings is 2. The Morgan fingerprint density at radius 2 is 1.72 bits per heavy atom. The molecule has 0 spiro atoms. The quantitative estimate of drug-likeness (QED) is 0.852. The molecule has 1 N–H and O–H groups in total. The molecule has 1 unspecified atom stereocenters. The number of hydrogen-bond acceptors (Lipinski definition) is 1. The maximum atomic E-state index is 10.4. The monoisotopic (exact) mass is 242 g/mol. The third-order valence-electron chi connectivity index (χ3n) is 4.11. The van der Waals surface area contributed by atoms with Crippen LogP contribution in [0.2, 0.25) is 0 Å². The zero-order valence-electron chi connectivity index (χ0n) is 11.5. The summed E-state index contributed by atoms with van der Waals surface area (Å²) in [6.07, 6.45) is 1.41. The lowest BCUT2D eigenvalue weighted by Gasteiger charge is -2.29. The van der Waals surface area contributed by atoms with Crippen molar-refractivity contribution in [2.45, 2.75) is 39.7 Å². The van der Waals surface area contributed by atoms with Crippen molar-refractivity contribution in [2.24, 2.45) is 5.41 Å². The molecule has 0 aromatic heterocycles. The molecular formula is C17H22O. The summed E-state index contributed by atoms with van der Waals surface area (Å²) in [6.45, 7) is 6.39. The predicted molar refractivity (Wildman–Crippen MR) is 77.7 cm³/mol. The Labute approximate surface area is 109 Å². The summed E-state index contributed by atoms with van der Waals surface area (Å²) in [7, 11) is 0. The maximum Gasteiger partial charge on any atom is 0.0631 e. The van der Waals surface area contributed by atoms with Crippen LogP contribution in [0.5, 0.6) is 0 Å². The largest absolute Gasteiger partial charge is 0.392 e. The minimum atomic E-state index is -0.298. The number of rotatable bonds is 4. The third-order valence-corrected chi connectivity index (χ3v) is 4.11. The smallest absolute Gasteiger partial charge is 0.0631 e. The van der Waals surface area contributed by atoms with Crippen molar-refractivity contribution in [3.8, 4) is 0 Å². The van der Waals surface area contributed by atoms with E-state index in [1.54, 1.807) is 0 Å². The second kappa shape index (κ2) is 5.11. The number of fused-ring (bicyclic) bond motifs is 1. The molecule has 0 aliphatic heterocycles. The molecule has 0 bridgehead atoms.